The van der Waals surface area contributed by atoms with Crippen LogP contribution in [0.1, 0.15) is 55.1 Å². The van der Waals surface area contributed by atoms with E-state index in [9.17, 15) is 14.4 Å². The molecule has 3 N–H and O–H groups in total. The van der Waals surface area contributed by atoms with Gasteiger partial charge >= 0.3 is 0 Å². The van der Waals surface area contributed by atoms with Gasteiger partial charge in [-0.3, -0.25) is 24.2 Å². The molecule has 40 heavy (non-hydrogen) atoms. The lowest BCUT2D eigenvalue weighted by atomic mass is 9.95. The molecule has 10 heteroatoms. The van der Waals surface area contributed by atoms with E-state index in [1.807, 2.05) is 43.3 Å². The molecule has 202 valence electrons. The molecule has 1 aliphatic carbocycles. The van der Waals surface area contributed by atoms with Gasteiger partial charge in [0.2, 0.25) is 0 Å². The van der Waals surface area contributed by atoms with Crippen LogP contribution in [0.5, 0.6) is 0 Å². The Bertz CT molecular complexity index is 1940. The fourth-order valence-electron chi connectivity index (χ4n) is 5.38. The van der Waals surface area contributed by atoms with E-state index in [-0.39, 0.29) is 34.4 Å². The number of hydrogen-bond donors (Lipinski definition) is 3. The first-order valence-corrected chi connectivity index (χ1v) is 14.0. The Morgan fingerprint density at radius 2 is 1.82 bits per heavy atom. The van der Waals surface area contributed by atoms with Crippen molar-refractivity contribution in [2.24, 2.45) is 0 Å². The minimum Gasteiger partial charge on any atom is -0.355 e. The fraction of sp³-hybridized carbons (Fsp3) is 0.233. The van der Waals surface area contributed by atoms with E-state index in [1.165, 1.54) is 21.8 Å². The molecular formula is C30H28N6O3S. The molecule has 0 spiro atoms. The normalized spacial score (nSPS) is 12.8. The second-order valence-corrected chi connectivity index (χ2v) is 11.1. The number of hydrogen-bond acceptors (Lipinski definition) is 6. The highest BCUT2D eigenvalue weighted by Crippen LogP contribution is 2.38. The van der Waals surface area contributed by atoms with E-state index in [1.54, 1.807) is 23.9 Å². The lowest BCUT2D eigenvalue weighted by Gasteiger charge is -2.15. The highest BCUT2D eigenvalue weighted by Gasteiger charge is 2.27. The Morgan fingerprint density at radius 3 is 2.60 bits per heavy atom. The largest absolute Gasteiger partial charge is 0.355 e. The van der Waals surface area contributed by atoms with Crippen molar-refractivity contribution in [1.82, 2.24) is 19.3 Å². The zero-order chi connectivity index (χ0) is 28.0. The minimum absolute atomic E-state index is 0.0316. The lowest BCUT2D eigenvalue weighted by Crippen LogP contribution is -2.32. The van der Waals surface area contributed by atoms with Gasteiger partial charge in [0.05, 0.1) is 23.1 Å². The number of carbonyl (C=O) groups excluding carboxylic acids is 2. The summed E-state index contributed by atoms with van der Waals surface area (Å²) in [5.74, 6) is -0.797. The number of anilines is 1. The van der Waals surface area contributed by atoms with Crippen LogP contribution in [0.4, 0.5) is 5.00 Å². The molecule has 2 amide bonds. The van der Waals surface area contributed by atoms with E-state index in [0.717, 1.165) is 47.3 Å². The number of pyridine rings is 2. The summed E-state index contributed by atoms with van der Waals surface area (Å²) >= 11 is 1.41. The van der Waals surface area contributed by atoms with Gasteiger partial charge in [-0.15, -0.1) is 11.3 Å². The molecule has 0 aliphatic heterocycles. The van der Waals surface area contributed by atoms with Gasteiger partial charge in [0.1, 0.15) is 21.8 Å². The third-order valence-corrected chi connectivity index (χ3v) is 8.62. The van der Waals surface area contributed by atoms with Crippen LogP contribution >= 0.6 is 11.3 Å². The van der Waals surface area contributed by atoms with Gasteiger partial charge in [0.15, 0.2) is 0 Å². The molecule has 0 unspecified atom stereocenters. The topological polar surface area (TPSA) is 121 Å². The smallest absolute Gasteiger partial charge is 0.267 e. The van der Waals surface area contributed by atoms with Crippen LogP contribution < -0.4 is 21.7 Å². The molecule has 4 heterocycles. The lowest BCUT2D eigenvalue weighted by molar-refractivity contribution is 0.0963. The van der Waals surface area contributed by atoms with Crippen molar-refractivity contribution in [2.45, 2.75) is 39.2 Å². The second kappa shape index (κ2) is 10.2. The molecule has 0 fully saturated rings. The predicted molar refractivity (Wildman–Crippen MR) is 155 cm³/mol. The Balaban J connectivity index is 1.54. The van der Waals surface area contributed by atoms with Crippen LogP contribution in [0.2, 0.25) is 0 Å². The Hall–Kier alpha value is -4.57. The van der Waals surface area contributed by atoms with E-state index >= 15 is 0 Å². The molecule has 1 aliphatic rings. The van der Waals surface area contributed by atoms with E-state index < -0.39 is 5.91 Å². The molecule has 1 aromatic carbocycles. The third kappa shape index (κ3) is 4.30. The summed E-state index contributed by atoms with van der Waals surface area (Å²) in [5.41, 5.74) is 3.68. The quantitative estimate of drug-likeness (QED) is 0.285. The maximum atomic E-state index is 13.8. The predicted octanol–water partition coefficient (Wildman–Crippen LogP) is 4.04. The third-order valence-electron chi connectivity index (χ3n) is 7.41. The first kappa shape index (κ1) is 25.7. The SMILES string of the molecule is CNC(=O)c1c(NC(=O)c2cc3c(=O)n4cccc(C)c4nc3n(Cc3ccccc3)c2=N)sc2c1CCCC2. The molecular weight excluding hydrogens is 524 g/mol. The maximum Gasteiger partial charge on any atom is 0.267 e. The summed E-state index contributed by atoms with van der Waals surface area (Å²) in [4.78, 5) is 46.2. The van der Waals surface area contributed by atoms with Crippen LogP contribution in [0.15, 0.2) is 59.5 Å². The first-order valence-electron chi connectivity index (χ1n) is 13.2. The summed E-state index contributed by atoms with van der Waals surface area (Å²) in [5, 5.41) is 15.4. The zero-order valence-electron chi connectivity index (χ0n) is 22.2. The monoisotopic (exact) mass is 552 g/mol. The van der Waals surface area contributed by atoms with Gasteiger partial charge in [-0.1, -0.05) is 36.4 Å². The standard InChI is InChI=1S/C30H28N6O3S/c1-17-9-8-14-35-25(17)33-26-21(30(35)39)15-20(24(31)36(26)16-18-10-4-3-5-11-18)27(37)34-29-23(28(38)32-2)19-12-6-7-13-22(19)40-29/h3-5,8-11,14-15,31H,6-7,12-13,16H2,1-2H3,(H,32,38)(H,34,37). The molecule has 5 aromatic rings. The van der Waals surface area contributed by atoms with Crippen molar-refractivity contribution in [3.8, 4) is 0 Å². The summed E-state index contributed by atoms with van der Waals surface area (Å²) in [6.45, 7) is 2.13. The summed E-state index contributed by atoms with van der Waals surface area (Å²) in [6.07, 6.45) is 5.34. The fourth-order valence-corrected chi connectivity index (χ4v) is 6.66. The summed E-state index contributed by atoms with van der Waals surface area (Å²) in [7, 11) is 1.57. The molecule has 4 aromatic heterocycles. The number of carbonyl (C=O) groups is 2. The number of nitrogens with zero attached hydrogens (tertiary/aromatic N) is 3. The number of fused-ring (bicyclic) bond motifs is 3. The van der Waals surface area contributed by atoms with E-state index in [0.29, 0.717) is 21.9 Å². The van der Waals surface area contributed by atoms with Crippen molar-refractivity contribution < 1.29 is 9.59 Å². The van der Waals surface area contributed by atoms with E-state index in [2.05, 4.69) is 10.6 Å². The molecule has 0 saturated heterocycles. The van der Waals surface area contributed by atoms with Crippen LogP contribution in [0.25, 0.3) is 16.7 Å². The van der Waals surface area contributed by atoms with Gasteiger partial charge in [0, 0.05) is 18.1 Å². The van der Waals surface area contributed by atoms with Crippen LogP contribution in [0, 0.1) is 12.3 Å². The first-order chi connectivity index (χ1) is 19.4. The molecule has 0 atom stereocenters. The van der Waals surface area contributed by atoms with Gasteiger partial charge in [-0.05, 0) is 61.4 Å². The number of rotatable bonds is 5. The van der Waals surface area contributed by atoms with E-state index in [4.69, 9.17) is 10.4 Å². The highest BCUT2D eigenvalue weighted by molar-refractivity contribution is 7.17. The second-order valence-electron chi connectivity index (χ2n) is 9.97. The van der Waals surface area contributed by atoms with Crippen LogP contribution in [0.3, 0.4) is 0 Å². The van der Waals surface area contributed by atoms with Crippen molar-refractivity contribution in [3.63, 3.8) is 0 Å². The number of amides is 2. The number of thiophene rings is 1. The molecule has 0 saturated carbocycles. The number of benzene rings is 1. The highest BCUT2D eigenvalue weighted by atomic mass is 32.1. The maximum absolute atomic E-state index is 13.8. The number of aryl methyl sites for hydroxylation is 2. The van der Waals surface area contributed by atoms with Crippen LogP contribution in [-0.4, -0.2) is 32.8 Å². The molecule has 0 radical (unpaired) electrons. The Labute approximate surface area is 233 Å². The Kier molecular flexibility index (Phi) is 6.55. The van der Waals surface area contributed by atoms with Crippen molar-refractivity contribution in [1.29, 1.82) is 5.41 Å². The Morgan fingerprint density at radius 1 is 1.05 bits per heavy atom. The van der Waals surface area contributed by atoms with Crippen LogP contribution in [-0.2, 0) is 19.4 Å². The average Bonchev–Trinajstić information content (AvgIpc) is 3.33. The van der Waals surface area contributed by atoms with Crippen molar-refractivity contribution >= 4 is 44.8 Å². The van der Waals surface area contributed by atoms with Gasteiger partial charge in [-0.2, -0.15) is 0 Å². The van der Waals surface area contributed by atoms with Gasteiger partial charge in [-0.25, -0.2) is 4.98 Å². The molecule has 6 rings (SSSR count). The number of nitrogens with one attached hydrogen (secondary N) is 3. The summed E-state index contributed by atoms with van der Waals surface area (Å²) in [6, 6.07) is 14.7. The molecule has 0 bridgehead atoms. The van der Waals surface area contributed by atoms with Gasteiger partial charge in [0.25, 0.3) is 17.4 Å². The van der Waals surface area contributed by atoms with Crippen molar-refractivity contribution in [3.05, 3.63) is 103 Å². The van der Waals surface area contributed by atoms with Crippen molar-refractivity contribution in [2.75, 3.05) is 12.4 Å². The summed E-state index contributed by atoms with van der Waals surface area (Å²) < 4.78 is 3.07. The zero-order valence-corrected chi connectivity index (χ0v) is 23.0. The number of aromatic nitrogens is 3. The average molecular weight is 553 g/mol. The minimum atomic E-state index is -0.550. The molecule has 9 nitrogen and oxygen atoms in total. The van der Waals surface area contributed by atoms with Gasteiger partial charge < -0.3 is 15.2 Å².